The summed E-state index contributed by atoms with van der Waals surface area (Å²) >= 11 is 12.6. The molecule has 2 aromatic carbocycles. The van der Waals surface area contributed by atoms with E-state index in [-0.39, 0.29) is 6.04 Å². The van der Waals surface area contributed by atoms with E-state index in [2.05, 4.69) is 11.0 Å². The summed E-state index contributed by atoms with van der Waals surface area (Å²) in [4.78, 5) is 2.10. The molecule has 112 valence electrons. The van der Waals surface area contributed by atoms with E-state index in [9.17, 15) is 0 Å². The molecule has 0 aliphatic rings. The van der Waals surface area contributed by atoms with Gasteiger partial charge < -0.3 is 10.6 Å². The number of nitrogens with zero attached hydrogens (tertiary/aromatic N) is 1. The summed E-state index contributed by atoms with van der Waals surface area (Å²) in [6.45, 7) is 2.71. The largest absolute Gasteiger partial charge is 0.369 e. The van der Waals surface area contributed by atoms with Crippen molar-refractivity contribution < 1.29 is 0 Å². The average Bonchev–Trinajstić information content (AvgIpc) is 2.40. The molecule has 2 nitrogen and oxygen atoms in total. The van der Waals surface area contributed by atoms with Crippen molar-refractivity contribution in [3.05, 3.63) is 63.6 Å². The second-order valence-corrected chi connectivity index (χ2v) is 6.23. The molecule has 0 aliphatic heterocycles. The molecule has 1 unspecified atom stereocenters. The predicted octanol–water partition coefficient (Wildman–Crippen LogP) is 4.52. The molecule has 0 heterocycles. The van der Waals surface area contributed by atoms with Crippen LogP contribution in [0, 0.1) is 0 Å². The summed E-state index contributed by atoms with van der Waals surface area (Å²) in [5.74, 6) is 0. The van der Waals surface area contributed by atoms with E-state index >= 15 is 0 Å². The van der Waals surface area contributed by atoms with Gasteiger partial charge in [0.1, 0.15) is 0 Å². The number of nitrogens with two attached hydrogens (primary N) is 1. The highest BCUT2D eigenvalue weighted by Gasteiger charge is 2.10. The molecule has 21 heavy (non-hydrogen) atoms. The minimum Gasteiger partial charge on any atom is -0.369 e. The molecule has 0 aliphatic carbocycles. The summed E-state index contributed by atoms with van der Waals surface area (Å²) < 4.78 is 0. The van der Waals surface area contributed by atoms with Crippen LogP contribution in [0.3, 0.4) is 0 Å². The maximum absolute atomic E-state index is 6.40. The van der Waals surface area contributed by atoms with E-state index in [0.717, 1.165) is 33.3 Å². The second kappa shape index (κ2) is 7.17. The summed E-state index contributed by atoms with van der Waals surface area (Å²) in [7, 11) is 2.01. The third-order valence-corrected chi connectivity index (χ3v) is 4.02. The molecule has 0 fully saturated rings. The Kier molecular flexibility index (Phi) is 5.51. The zero-order chi connectivity index (χ0) is 15.4. The minimum absolute atomic E-state index is 0.132. The highest BCUT2D eigenvalue weighted by molar-refractivity contribution is 6.33. The molecule has 1 atom stereocenters. The molecule has 0 bridgehead atoms. The zero-order valence-corrected chi connectivity index (χ0v) is 13.8. The average molecular weight is 323 g/mol. The molecule has 2 rings (SSSR count). The van der Waals surface area contributed by atoms with Crippen molar-refractivity contribution in [3.63, 3.8) is 0 Å². The molecule has 0 saturated heterocycles. The van der Waals surface area contributed by atoms with Gasteiger partial charge >= 0.3 is 0 Å². The molecule has 2 N–H and O–H groups in total. The minimum atomic E-state index is 0.132. The smallest absolute Gasteiger partial charge is 0.0642 e. The van der Waals surface area contributed by atoms with Crippen LogP contribution < -0.4 is 10.6 Å². The number of halogens is 2. The topological polar surface area (TPSA) is 29.3 Å². The van der Waals surface area contributed by atoms with E-state index in [4.69, 9.17) is 28.9 Å². The van der Waals surface area contributed by atoms with Gasteiger partial charge in [0, 0.05) is 24.7 Å². The van der Waals surface area contributed by atoms with Gasteiger partial charge in [0.25, 0.3) is 0 Å². The molecule has 0 saturated carbocycles. The number of rotatable bonds is 5. The third kappa shape index (κ3) is 4.37. The first-order valence-electron chi connectivity index (χ1n) is 6.96. The normalized spacial score (nSPS) is 12.2. The van der Waals surface area contributed by atoms with Gasteiger partial charge in [0.05, 0.1) is 10.7 Å². The zero-order valence-electron chi connectivity index (χ0n) is 12.3. The number of hydrogen-bond donors (Lipinski definition) is 1. The summed E-state index contributed by atoms with van der Waals surface area (Å²) in [5.41, 5.74) is 9.05. The SMILES string of the molecule is CC(N)Cc1ccc(N(C)Cc2ccccc2Cl)c(Cl)c1. The van der Waals surface area contributed by atoms with E-state index in [0.29, 0.717) is 6.54 Å². The molecule has 0 spiro atoms. The standard InChI is InChI=1S/C17H20Cl2N2/c1-12(20)9-13-7-8-17(16(19)10-13)21(2)11-14-5-3-4-6-15(14)18/h3-8,10,12H,9,11,20H2,1-2H3. The van der Waals surface area contributed by atoms with Crippen LogP contribution in [-0.4, -0.2) is 13.1 Å². The summed E-state index contributed by atoms with van der Waals surface area (Å²) in [6, 6.07) is 14.1. The fourth-order valence-electron chi connectivity index (χ4n) is 2.33. The van der Waals surface area contributed by atoms with Crippen LogP contribution >= 0.6 is 23.2 Å². The maximum Gasteiger partial charge on any atom is 0.0642 e. The van der Waals surface area contributed by atoms with Crippen LogP contribution in [0.2, 0.25) is 10.0 Å². The number of anilines is 1. The Morgan fingerprint density at radius 3 is 2.43 bits per heavy atom. The van der Waals surface area contributed by atoms with Crippen molar-refractivity contribution in [3.8, 4) is 0 Å². The van der Waals surface area contributed by atoms with Crippen molar-refractivity contribution in [1.82, 2.24) is 0 Å². The fraction of sp³-hybridized carbons (Fsp3) is 0.294. The van der Waals surface area contributed by atoms with Gasteiger partial charge in [-0.25, -0.2) is 0 Å². The molecular weight excluding hydrogens is 303 g/mol. The van der Waals surface area contributed by atoms with E-state index in [1.165, 1.54) is 0 Å². The van der Waals surface area contributed by atoms with Crippen LogP contribution in [0.4, 0.5) is 5.69 Å². The van der Waals surface area contributed by atoms with Crippen molar-refractivity contribution >= 4 is 28.9 Å². The van der Waals surface area contributed by atoms with Gasteiger partial charge in [0.15, 0.2) is 0 Å². The third-order valence-electron chi connectivity index (χ3n) is 3.35. The van der Waals surface area contributed by atoms with Crippen LogP contribution in [0.5, 0.6) is 0 Å². The summed E-state index contributed by atoms with van der Waals surface area (Å²) in [6.07, 6.45) is 0.828. The maximum atomic E-state index is 6.40. The molecule has 0 aromatic heterocycles. The molecule has 2 aromatic rings. The van der Waals surface area contributed by atoms with Crippen LogP contribution in [-0.2, 0) is 13.0 Å². The van der Waals surface area contributed by atoms with Crippen molar-refractivity contribution in [2.45, 2.75) is 25.9 Å². The van der Waals surface area contributed by atoms with Crippen molar-refractivity contribution in [2.75, 3.05) is 11.9 Å². The van der Waals surface area contributed by atoms with Gasteiger partial charge in [-0.3, -0.25) is 0 Å². The Bertz CT molecular complexity index is 611. The van der Waals surface area contributed by atoms with E-state index in [1.807, 2.05) is 50.4 Å². The van der Waals surface area contributed by atoms with Gasteiger partial charge in [-0.05, 0) is 42.7 Å². The Morgan fingerprint density at radius 2 is 1.81 bits per heavy atom. The van der Waals surface area contributed by atoms with Crippen molar-refractivity contribution in [1.29, 1.82) is 0 Å². The summed E-state index contributed by atoms with van der Waals surface area (Å²) in [5, 5.41) is 1.51. The number of benzene rings is 2. The van der Waals surface area contributed by atoms with Crippen LogP contribution in [0.25, 0.3) is 0 Å². The first-order chi connectivity index (χ1) is 9.97. The van der Waals surface area contributed by atoms with E-state index < -0.39 is 0 Å². The van der Waals surface area contributed by atoms with Gasteiger partial charge in [0.2, 0.25) is 0 Å². The second-order valence-electron chi connectivity index (χ2n) is 5.41. The first kappa shape index (κ1) is 16.2. The fourth-order valence-corrected chi connectivity index (χ4v) is 2.87. The molecule has 4 heteroatoms. The lowest BCUT2D eigenvalue weighted by molar-refractivity contribution is 0.738. The number of hydrogen-bond acceptors (Lipinski definition) is 2. The van der Waals surface area contributed by atoms with E-state index in [1.54, 1.807) is 0 Å². The molecule has 0 radical (unpaired) electrons. The Labute approximate surface area is 136 Å². The Balaban J connectivity index is 2.16. The predicted molar refractivity (Wildman–Crippen MR) is 92.4 cm³/mol. The Hall–Kier alpha value is -1.22. The lowest BCUT2D eigenvalue weighted by atomic mass is 10.1. The highest BCUT2D eigenvalue weighted by atomic mass is 35.5. The monoisotopic (exact) mass is 322 g/mol. The van der Waals surface area contributed by atoms with Gasteiger partial charge in [-0.1, -0.05) is 47.5 Å². The molecule has 0 amide bonds. The van der Waals surface area contributed by atoms with Crippen LogP contribution in [0.1, 0.15) is 18.1 Å². The lowest BCUT2D eigenvalue weighted by Crippen LogP contribution is -2.19. The molecular formula is C17H20Cl2N2. The Morgan fingerprint density at radius 1 is 1.10 bits per heavy atom. The highest BCUT2D eigenvalue weighted by Crippen LogP contribution is 2.28. The quantitative estimate of drug-likeness (QED) is 0.876. The van der Waals surface area contributed by atoms with Crippen molar-refractivity contribution in [2.24, 2.45) is 5.73 Å². The van der Waals surface area contributed by atoms with Gasteiger partial charge in [-0.15, -0.1) is 0 Å². The van der Waals surface area contributed by atoms with Gasteiger partial charge in [-0.2, -0.15) is 0 Å². The first-order valence-corrected chi connectivity index (χ1v) is 7.71. The lowest BCUT2D eigenvalue weighted by Gasteiger charge is -2.22. The van der Waals surface area contributed by atoms with Crippen LogP contribution in [0.15, 0.2) is 42.5 Å².